The molecule has 1 heteroatoms. The molecule has 0 amide bonds. The quantitative estimate of drug-likeness (QED) is 0.278. The molecule has 0 bridgehead atoms. The van der Waals surface area contributed by atoms with Gasteiger partial charge in [-0.1, -0.05) is 79.1 Å². The van der Waals surface area contributed by atoms with Crippen LogP contribution in [0.25, 0.3) is 0 Å². The maximum absolute atomic E-state index is 3.29. The summed E-state index contributed by atoms with van der Waals surface area (Å²) in [5, 5.41) is 0.536. The van der Waals surface area contributed by atoms with Gasteiger partial charge in [0.25, 0.3) is 0 Å². The summed E-state index contributed by atoms with van der Waals surface area (Å²) in [6.07, 6.45) is 15.3. The van der Waals surface area contributed by atoms with Crippen LogP contribution in [0.3, 0.4) is 0 Å². The van der Waals surface area contributed by atoms with Crippen molar-refractivity contribution >= 4 is 9.24 Å². The molecule has 0 aliphatic heterocycles. The average molecular weight is 272 g/mol. The molecule has 0 fully saturated rings. The molecule has 0 aliphatic rings. The lowest BCUT2D eigenvalue weighted by Crippen LogP contribution is -2.31. The van der Waals surface area contributed by atoms with Gasteiger partial charge in [0, 0.05) is 0 Å². The summed E-state index contributed by atoms with van der Waals surface area (Å²) in [6.45, 7) is 9.35. The highest BCUT2D eigenvalue weighted by atomic mass is 31.0. The van der Waals surface area contributed by atoms with Crippen LogP contribution in [0.2, 0.25) is 0 Å². The zero-order chi connectivity index (χ0) is 13.9. The average Bonchev–Trinajstić information content (AvgIpc) is 2.39. The predicted molar refractivity (Wildman–Crippen MR) is 89.4 cm³/mol. The summed E-state index contributed by atoms with van der Waals surface area (Å²) < 4.78 is 0. The lowest BCUT2D eigenvalue weighted by molar-refractivity contribution is 0.288. The molecule has 0 nitrogen and oxygen atoms in total. The van der Waals surface area contributed by atoms with E-state index in [9.17, 15) is 0 Å². The van der Waals surface area contributed by atoms with E-state index in [1.807, 2.05) is 0 Å². The van der Waals surface area contributed by atoms with Crippen molar-refractivity contribution in [3.05, 3.63) is 0 Å². The third kappa shape index (κ3) is 7.13. The number of hydrogen-bond acceptors (Lipinski definition) is 0. The molecule has 0 aromatic rings. The summed E-state index contributed by atoms with van der Waals surface area (Å²) in [6, 6.07) is 0. The molecule has 0 spiro atoms. The summed E-state index contributed by atoms with van der Waals surface area (Å²) in [7, 11) is 3.29. The normalized spacial score (nSPS) is 13.8. The van der Waals surface area contributed by atoms with Gasteiger partial charge in [0.1, 0.15) is 0 Å². The zero-order valence-electron chi connectivity index (χ0n) is 13.4. The van der Waals surface area contributed by atoms with Crippen molar-refractivity contribution < 1.29 is 0 Å². The van der Waals surface area contributed by atoms with Crippen molar-refractivity contribution in [1.29, 1.82) is 0 Å². The molecule has 0 N–H and O–H groups in total. The topological polar surface area (TPSA) is 0 Å². The second-order valence-electron chi connectivity index (χ2n) is 6.04. The van der Waals surface area contributed by atoms with Gasteiger partial charge < -0.3 is 0 Å². The molecule has 0 heterocycles. The lowest BCUT2D eigenvalue weighted by atomic mass is 9.78. The van der Waals surface area contributed by atoms with Crippen LogP contribution in [0, 0.1) is 5.92 Å². The van der Waals surface area contributed by atoms with Crippen LogP contribution in [0.1, 0.15) is 98.3 Å². The Morgan fingerprint density at radius 2 is 1.28 bits per heavy atom. The minimum atomic E-state index is 0.536. The lowest BCUT2D eigenvalue weighted by Gasteiger charge is -2.38. The van der Waals surface area contributed by atoms with Gasteiger partial charge in [-0.15, -0.1) is 9.24 Å². The van der Waals surface area contributed by atoms with Crippen molar-refractivity contribution in [2.45, 2.75) is 103 Å². The van der Waals surface area contributed by atoms with Crippen molar-refractivity contribution in [2.24, 2.45) is 5.92 Å². The Bertz CT molecular complexity index is 168. The molecular formula is C17H37P. The number of hydrogen-bond donors (Lipinski definition) is 0. The molecule has 0 aliphatic carbocycles. The summed E-state index contributed by atoms with van der Waals surface area (Å²) in [5.41, 5.74) is 0. The van der Waals surface area contributed by atoms with Gasteiger partial charge in [0.05, 0.1) is 0 Å². The fourth-order valence-electron chi connectivity index (χ4n) is 3.08. The van der Waals surface area contributed by atoms with Crippen LogP contribution < -0.4 is 0 Å². The van der Waals surface area contributed by atoms with Crippen LogP contribution in [0.4, 0.5) is 0 Å². The molecule has 0 rings (SSSR count). The van der Waals surface area contributed by atoms with Crippen LogP contribution in [0.5, 0.6) is 0 Å². The minimum absolute atomic E-state index is 0.536. The SMILES string of the molecule is CCCCCC(CC)C(P)(CCCC)CCCC. The zero-order valence-corrected chi connectivity index (χ0v) is 14.6. The fourth-order valence-corrected chi connectivity index (χ4v) is 3.89. The third-order valence-corrected chi connectivity index (χ3v) is 5.50. The Labute approximate surface area is 119 Å². The summed E-state index contributed by atoms with van der Waals surface area (Å²) in [5.74, 6) is 0.923. The highest BCUT2D eigenvalue weighted by Crippen LogP contribution is 2.42. The van der Waals surface area contributed by atoms with Crippen molar-refractivity contribution in [1.82, 2.24) is 0 Å². The van der Waals surface area contributed by atoms with E-state index in [2.05, 4.69) is 36.9 Å². The number of rotatable bonds is 12. The first-order valence-electron chi connectivity index (χ1n) is 8.43. The van der Waals surface area contributed by atoms with Crippen LogP contribution in [-0.2, 0) is 0 Å². The number of unbranched alkanes of at least 4 members (excludes halogenated alkanes) is 4. The molecule has 0 aromatic carbocycles. The molecule has 0 saturated heterocycles. The van der Waals surface area contributed by atoms with E-state index in [1.54, 1.807) is 0 Å². The Morgan fingerprint density at radius 1 is 0.778 bits per heavy atom. The van der Waals surface area contributed by atoms with Gasteiger partial charge >= 0.3 is 0 Å². The molecule has 0 radical (unpaired) electrons. The molecule has 0 saturated carbocycles. The van der Waals surface area contributed by atoms with Gasteiger partial charge in [-0.3, -0.25) is 0 Å². The Hall–Kier alpha value is 0.430. The standard InChI is InChI=1S/C17H37P/c1-5-9-12-13-16(8-4)17(18,14-10-6-2)15-11-7-3/h16H,5-15,18H2,1-4H3. The first kappa shape index (κ1) is 18.4. The van der Waals surface area contributed by atoms with E-state index in [-0.39, 0.29) is 0 Å². The van der Waals surface area contributed by atoms with Crippen molar-refractivity contribution in [2.75, 3.05) is 0 Å². The van der Waals surface area contributed by atoms with Gasteiger partial charge in [-0.2, -0.15) is 0 Å². The van der Waals surface area contributed by atoms with E-state index in [0.717, 1.165) is 5.92 Å². The van der Waals surface area contributed by atoms with Gasteiger partial charge in [0.2, 0.25) is 0 Å². The van der Waals surface area contributed by atoms with E-state index < -0.39 is 0 Å². The second kappa shape index (κ2) is 11.3. The van der Waals surface area contributed by atoms with Crippen molar-refractivity contribution in [3.63, 3.8) is 0 Å². The first-order valence-corrected chi connectivity index (χ1v) is 9.01. The third-order valence-electron chi connectivity index (χ3n) is 4.45. The Morgan fingerprint density at radius 3 is 1.67 bits per heavy atom. The van der Waals surface area contributed by atoms with E-state index in [0.29, 0.717) is 5.16 Å². The first-order chi connectivity index (χ1) is 8.64. The smallest absolute Gasteiger partial charge is 0.0122 e. The largest absolute Gasteiger partial charge is 0.131 e. The van der Waals surface area contributed by atoms with Crippen LogP contribution in [-0.4, -0.2) is 5.16 Å². The molecule has 18 heavy (non-hydrogen) atoms. The van der Waals surface area contributed by atoms with Crippen LogP contribution >= 0.6 is 9.24 Å². The van der Waals surface area contributed by atoms with Gasteiger partial charge in [-0.25, -0.2) is 0 Å². The van der Waals surface area contributed by atoms with E-state index in [1.165, 1.54) is 70.6 Å². The molecule has 2 unspecified atom stereocenters. The highest BCUT2D eigenvalue weighted by Gasteiger charge is 2.31. The van der Waals surface area contributed by atoms with Gasteiger partial charge in [-0.05, 0) is 30.3 Å². The molecule has 0 aromatic heterocycles. The summed E-state index contributed by atoms with van der Waals surface area (Å²) >= 11 is 0. The highest BCUT2D eigenvalue weighted by molar-refractivity contribution is 7.19. The molecule has 2 atom stereocenters. The summed E-state index contributed by atoms with van der Waals surface area (Å²) in [4.78, 5) is 0. The van der Waals surface area contributed by atoms with Crippen LogP contribution in [0.15, 0.2) is 0 Å². The molecule has 110 valence electrons. The Balaban J connectivity index is 4.43. The maximum Gasteiger partial charge on any atom is -0.0122 e. The fraction of sp³-hybridized carbons (Fsp3) is 1.00. The Kier molecular flexibility index (Phi) is 11.5. The second-order valence-corrected chi connectivity index (χ2v) is 7.19. The predicted octanol–water partition coefficient (Wildman–Crippen LogP) is 6.59. The monoisotopic (exact) mass is 272 g/mol. The van der Waals surface area contributed by atoms with Gasteiger partial charge in [0.15, 0.2) is 0 Å². The molecular weight excluding hydrogens is 235 g/mol. The van der Waals surface area contributed by atoms with E-state index >= 15 is 0 Å². The van der Waals surface area contributed by atoms with Crippen molar-refractivity contribution in [3.8, 4) is 0 Å². The van der Waals surface area contributed by atoms with E-state index in [4.69, 9.17) is 0 Å². The minimum Gasteiger partial charge on any atom is -0.131 e. The maximum atomic E-state index is 3.29.